The second-order valence-electron chi connectivity index (χ2n) is 5.18. The van der Waals surface area contributed by atoms with E-state index in [1.165, 1.54) is 11.1 Å². The Morgan fingerprint density at radius 1 is 1.60 bits per heavy atom. The number of aryl methyl sites for hydroxylation is 1. The molecular formula is C15H24N4O. The zero-order valence-corrected chi connectivity index (χ0v) is 12.3. The number of hydrogen-bond acceptors (Lipinski definition) is 3. The van der Waals surface area contributed by atoms with Crippen molar-refractivity contribution in [1.29, 1.82) is 0 Å². The number of aliphatic imine (C=N–C) groups is 1. The summed E-state index contributed by atoms with van der Waals surface area (Å²) >= 11 is 0. The highest BCUT2D eigenvalue weighted by Gasteiger charge is 2.22. The van der Waals surface area contributed by atoms with Crippen LogP contribution in [0.25, 0.3) is 0 Å². The fourth-order valence-corrected chi connectivity index (χ4v) is 2.42. The van der Waals surface area contributed by atoms with Gasteiger partial charge < -0.3 is 15.3 Å². The second kappa shape index (κ2) is 7.24. The lowest BCUT2D eigenvalue weighted by Crippen LogP contribution is -2.40. The molecule has 110 valence electrons. The Kier molecular flexibility index (Phi) is 5.35. The van der Waals surface area contributed by atoms with Crippen LogP contribution in [0.1, 0.15) is 24.5 Å². The number of aliphatic hydroxyl groups is 1. The van der Waals surface area contributed by atoms with Gasteiger partial charge in [-0.2, -0.15) is 0 Å². The maximum atomic E-state index is 9.63. The quantitative estimate of drug-likeness (QED) is 0.635. The highest BCUT2D eigenvalue weighted by atomic mass is 16.3. The van der Waals surface area contributed by atoms with E-state index in [1.807, 2.05) is 12.4 Å². The van der Waals surface area contributed by atoms with Gasteiger partial charge in [-0.05, 0) is 43.9 Å². The lowest BCUT2D eigenvalue weighted by atomic mass is 10.1. The third kappa shape index (κ3) is 3.93. The van der Waals surface area contributed by atoms with Crippen molar-refractivity contribution in [1.82, 2.24) is 15.2 Å². The number of β-amino-alcohol motifs (C(OH)–C–C–N with tert-alkyl or cyclic N) is 1. The fourth-order valence-electron chi connectivity index (χ4n) is 2.42. The summed E-state index contributed by atoms with van der Waals surface area (Å²) in [6, 6.07) is 2.05. The monoisotopic (exact) mass is 276 g/mol. The Labute approximate surface area is 120 Å². The standard InChI is InChI=1S/C15H24N4O/c1-3-17-15(19-9-6-14(20)11-19)18-8-5-13-4-7-16-10-12(13)2/h4,7,10,14,20H,3,5-6,8-9,11H2,1-2H3,(H,17,18)/t14-/m1/s1. The predicted octanol–water partition coefficient (Wildman–Crippen LogP) is 0.965. The van der Waals surface area contributed by atoms with E-state index in [0.29, 0.717) is 6.54 Å². The second-order valence-corrected chi connectivity index (χ2v) is 5.18. The molecule has 1 aromatic heterocycles. The van der Waals surface area contributed by atoms with Gasteiger partial charge in [0, 0.05) is 38.6 Å². The smallest absolute Gasteiger partial charge is 0.194 e. The number of nitrogens with zero attached hydrogens (tertiary/aromatic N) is 3. The number of likely N-dealkylation sites (tertiary alicyclic amines) is 1. The zero-order chi connectivity index (χ0) is 14.4. The van der Waals surface area contributed by atoms with E-state index < -0.39 is 0 Å². The molecule has 1 aliphatic heterocycles. The average Bonchev–Trinajstić information content (AvgIpc) is 2.86. The van der Waals surface area contributed by atoms with E-state index in [0.717, 1.165) is 38.4 Å². The first-order chi connectivity index (χ1) is 9.70. The Hall–Kier alpha value is -1.62. The molecule has 0 aromatic carbocycles. The molecule has 0 aliphatic carbocycles. The normalized spacial score (nSPS) is 19.4. The van der Waals surface area contributed by atoms with Crippen LogP contribution in [0.2, 0.25) is 0 Å². The highest BCUT2D eigenvalue weighted by Crippen LogP contribution is 2.10. The molecule has 1 aliphatic rings. The molecule has 0 unspecified atom stereocenters. The third-order valence-corrected chi connectivity index (χ3v) is 3.58. The van der Waals surface area contributed by atoms with Crippen LogP contribution < -0.4 is 5.32 Å². The van der Waals surface area contributed by atoms with Gasteiger partial charge in [-0.25, -0.2) is 0 Å². The number of rotatable bonds is 4. The van der Waals surface area contributed by atoms with Crippen molar-refractivity contribution in [3.63, 3.8) is 0 Å². The maximum Gasteiger partial charge on any atom is 0.194 e. The van der Waals surface area contributed by atoms with Crippen LogP contribution in [0.5, 0.6) is 0 Å². The van der Waals surface area contributed by atoms with Gasteiger partial charge in [-0.15, -0.1) is 0 Å². The summed E-state index contributed by atoms with van der Waals surface area (Å²) in [5.41, 5.74) is 2.50. The van der Waals surface area contributed by atoms with Crippen LogP contribution in [0.15, 0.2) is 23.5 Å². The third-order valence-electron chi connectivity index (χ3n) is 3.58. The zero-order valence-electron chi connectivity index (χ0n) is 12.3. The first-order valence-electron chi connectivity index (χ1n) is 7.31. The maximum absolute atomic E-state index is 9.63. The van der Waals surface area contributed by atoms with Crippen LogP contribution in [-0.4, -0.2) is 53.2 Å². The van der Waals surface area contributed by atoms with Crippen molar-refractivity contribution < 1.29 is 5.11 Å². The fraction of sp³-hybridized carbons (Fsp3) is 0.600. The van der Waals surface area contributed by atoms with Crippen molar-refractivity contribution in [3.8, 4) is 0 Å². The number of pyridine rings is 1. The molecule has 5 heteroatoms. The van der Waals surface area contributed by atoms with E-state index in [2.05, 4.69) is 40.1 Å². The molecule has 0 radical (unpaired) electrons. The number of nitrogens with one attached hydrogen (secondary N) is 1. The largest absolute Gasteiger partial charge is 0.391 e. The lowest BCUT2D eigenvalue weighted by Gasteiger charge is -2.21. The van der Waals surface area contributed by atoms with E-state index in [9.17, 15) is 5.11 Å². The van der Waals surface area contributed by atoms with Crippen LogP contribution in [-0.2, 0) is 6.42 Å². The van der Waals surface area contributed by atoms with Gasteiger partial charge in [0.05, 0.1) is 6.10 Å². The van der Waals surface area contributed by atoms with Gasteiger partial charge in [0.1, 0.15) is 0 Å². The number of guanidine groups is 1. The number of hydrogen-bond donors (Lipinski definition) is 2. The van der Waals surface area contributed by atoms with Gasteiger partial charge in [-0.3, -0.25) is 9.98 Å². The summed E-state index contributed by atoms with van der Waals surface area (Å²) in [5.74, 6) is 0.913. The van der Waals surface area contributed by atoms with Crippen molar-refractivity contribution in [2.45, 2.75) is 32.8 Å². The van der Waals surface area contributed by atoms with Gasteiger partial charge in [0.25, 0.3) is 0 Å². The van der Waals surface area contributed by atoms with Crippen molar-refractivity contribution in [2.75, 3.05) is 26.2 Å². The van der Waals surface area contributed by atoms with Crippen LogP contribution in [0.3, 0.4) is 0 Å². The summed E-state index contributed by atoms with van der Waals surface area (Å²) in [5, 5.41) is 12.9. The van der Waals surface area contributed by atoms with Crippen LogP contribution in [0, 0.1) is 6.92 Å². The molecule has 1 fully saturated rings. The lowest BCUT2D eigenvalue weighted by molar-refractivity contribution is 0.188. The van der Waals surface area contributed by atoms with E-state index in [1.54, 1.807) is 0 Å². The van der Waals surface area contributed by atoms with Crippen molar-refractivity contribution in [2.24, 2.45) is 4.99 Å². The van der Waals surface area contributed by atoms with Crippen molar-refractivity contribution >= 4 is 5.96 Å². The van der Waals surface area contributed by atoms with E-state index in [4.69, 9.17) is 0 Å². The summed E-state index contributed by atoms with van der Waals surface area (Å²) in [6.07, 6.45) is 5.24. The van der Waals surface area contributed by atoms with Gasteiger partial charge in [-0.1, -0.05) is 0 Å². The molecule has 20 heavy (non-hydrogen) atoms. The summed E-state index contributed by atoms with van der Waals surface area (Å²) < 4.78 is 0. The topological polar surface area (TPSA) is 60.8 Å². The molecule has 5 nitrogen and oxygen atoms in total. The highest BCUT2D eigenvalue weighted by molar-refractivity contribution is 5.80. The van der Waals surface area contributed by atoms with E-state index >= 15 is 0 Å². The minimum absolute atomic E-state index is 0.221. The van der Waals surface area contributed by atoms with Crippen LogP contribution in [0.4, 0.5) is 0 Å². The molecule has 0 bridgehead atoms. The van der Waals surface area contributed by atoms with Crippen molar-refractivity contribution in [3.05, 3.63) is 29.6 Å². The predicted molar refractivity (Wildman–Crippen MR) is 80.9 cm³/mol. The summed E-state index contributed by atoms with van der Waals surface area (Å²) in [7, 11) is 0. The molecule has 2 rings (SSSR count). The minimum Gasteiger partial charge on any atom is -0.391 e. The first-order valence-corrected chi connectivity index (χ1v) is 7.31. The first kappa shape index (κ1) is 14.8. The molecular weight excluding hydrogens is 252 g/mol. The molecule has 0 amide bonds. The average molecular weight is 276 g/mol. The van der Waals surface area contributed by atoms with Gasteiger partial charge >= 0.3 is 0 Å². The molecule has 1 aromatic rings. The van der Waals surface area contributed by atoms with Crippen LogP contribution >= 0.6 is 0 Å². The Morgan fingerprint density at radius 3 is 3.10 bits per heavy atom. The summed E-state index contributed by atoms with van der Waals surface area (Å²) in [6.45, 7) is 7.30. The Bertz CT molecular complexity index is 461. The Morgan fingerprint density at radius 2 is 2.45 bits per heavy atom. The number of aromatic nitrogens is 1. The molecule has 0 saturated carbocycles. The molecule has 2 N–H and O–H groups in total. The van der Waals surface area contributed by atoms with E-state index in [-0.39, 0.29) is 6.10 Å². The molecule has 0 spiro atoms. The Balaban J connectivity index is 1.94. The SMILES string of the molecule is CCNC(=NCCc1ccncc1C)N1CC[C@@H](O)C1. The summed E-state index contributed by atoms with van der Waals surface area (Å²) in [4.78, 5) is 10.9. The minimum atomic E-state index is -0.221. The molecule has 1 saturated heterocycles. The number of aliphatic hydroxyl groups excluding tert-OH is 1. The molecule has 2 heterocycles. The van der Waals surface area contributed by atoms with Gasteiger partial charge in [0.2, 0.25) is 0 Å². The molecule has 1 atom stereocenters. The van der Waals surface area contributed by atoms with Gasteiger partial charge in [0.15, 0.2) is 5.96 Å².